The van der Waals surface area contributed by atoms with Gasteiger partial charge in [0.1, 0.15) is 23.8 Å². The highest BCUT2D eigenvalue weighted by Gasteiger charge is 2.31. The Morgan fingerprint density at radius 2 is 1.52 bits per heavy atom. The first kappa shape index (κ1) is 20.1. The van der Waals surface area contributed by atoms with Gasteiger partial charge in [-0.1, -0.05) is 13.8 Å². The van der Waals surface area contributed by atoms with E-state index in [0.717, 1.165) is 30.5 Å². The smallest absolute Gasteiger partial charge is 0.262 e. The van der Waals surface area contributed by atoms with Crippen molar-refractivity contribution in [2.24, 2.45) is 7.05 Å². The average molecular weight is 420 g/mol. The molecule has 0 bridgehead atoms. The summed E-state index contributed by atoms with van der Waals surface area (Å²) in [5.41, 5.74) is 0. The van der Waals surface area contributed by atoms with Crippen LogP contribution in [-0.2, 0) is 17.1 Å². The third-order valence-electron chi connectivity index (χ3n) is 5.64. The second-order valence-corrected chi connectivity index (χ2v) is 9.91. The Balaban J connectivity index is 1.45. The van der Waals surface area contributed by atoms with Gasteiger partial charge < -0.3 is 14.4 Å². The van der Waals surface area contributed by atoms with E-state index in [2.05, 4.69) is 24.8 Å². The van der Waals surface area contributed by atoms with Gasteiger partial charge in [0.25, 0.3) is 10.0 Å². The van der Waals surface area contributed by atoms with Crippen LogP contribution >= 0.6 is 0 Å². The van der Waals surface area contributed by atoms with Crippen LogP contribution in [0.5, 0.6) is 0 Å². The number of sulfonamides is 1. The Morgan fingerprint density at radius 3 is 2.07 bits per heavy atom. The summed E-state index contributed by atoms with van der Waals surface area (Å²) in [6, 6.07) is 2.02. The maximum Gasteiger partial charge on any atom is 0.262 e. The predicted molar refractivity (Wildman–Crippen MR) is 112 cm³/mol. The summed E-state index contributed by atoms with van der Waals surface area (Å²) in [4.78, 5) is 17.6. The molecule has 9 nitrogen and oxygen atoms in total. The van der Waals surface area contributed by atoms with Crippen LogP contribution in [0.2, 0.25) is 0 Å². The molecule has 0 unspecified atom stereocenters. The summed E-state index contributed by atoms with van der Waals surface area (Å²) in [5, 5.41) is 0.135. The van der Waals surface area contributed by atoms with Gasteiger partial charge in [0, 0.05) is 64.5 Å². The van der Waals surface area contributed by atoms with Crippen molar-refractivity contribution >= 4 is 21.7 Å². The van der Waals surface area contributed by atoms with Crippen LogP contribution in [0.4, 0.5) is 11.6 Å². The van der Waals surface area contributed by atoms with Crippen molar-refractivity contribution in [3.8, 4) is 0 Å². The van der Waals surface area contributed by atoms with Crippen molar-refractivity contribution in [1.29, 1.82) is 0 Å². The standard InChI is InChI=1S/C19H29N7O2S/c1-15(2)19-22-18(13-23(19)3)29(27,28)26-10-8-25(9-11-26)17-12-16(20-14-21-17)24-6-4-5-7-24/h12-15H,4-11H2,1-3H3. The topological polar surface area (TPSA) is 87.5 Å². The van der Waals surface area contributed by atoms with Crippen molar-refractivity contribution in [2.45, 2.75) is 37.6 Å². The molecule has 2 saturated heterocycles. The molecule has 158 valence electrons. The molecule has 2 aliphatic rings. The number of piperazine rings is 1. The Bertz CT molecular complexity index is 959. The number of hydrogen-bond donors (Lipinski definition) is 0. The van der Waals surface area contributed by atoms with Gasteiger partial charge in [-0.2, -0.15) is 4.31 Å². The zero-order chi connectivity index (χ0) is 20.6. The molecule has 4 rings (SSSR count). The molecule has 4 heterocycles. The van der Waals surface area contributed by atoms with E-state index in [1.165, 1.54) is 17.1 Å². The van der Waals surface area contributed by atoms with Crippen LogP contribution in [0.25, 0.3) is 0 Å². The Kier molecular flexibility index (Phi) is 5.48. The van der Waals surface area contributed by atoms with E-state index in [1.807, 2.05) is 27.0 Å². The summed E-state index contributed by atoms with van der Waals surface area (Å²) in [6.45, 7) is 8.11. The van der Waals surface area contributed by atoms with Crippen LogP contribution in [0.3, 0.4) is 0 Å². The molecule has 0 aliphatic carbocycles. The van der Waals surface area contributed by atoms with Gasteiger partial charge >= 0.3 is 0 Å². The molecule has 0 aromatic carbocycles. The minimum absolute atomic E-state index is 0.135. The molecular formula is C19H29N7O2S. The number of aryl methyl sites for hydroxylation is 1. The molecule has 0 radical (unpaired) electrons. The zero-order valence-corrected chi connectivity index (χ0v) is 18.1. The fraction of sp³-hybridized carbons (Fsp3) is 0.632. The van der Waals surface area contributed by atoms with Gasteiger partial charge in [0.2, 0.25) is 0 Å². The SMILES string of the molecule is CC(C)c1nc(S(=O)(=O)N2CCN(c3cc(N4CCCC4)ncn3)CC2)cn1C. The van der Waals surface area contributed by atoms with E-state index in [-0.39, 0.29) is 10.9 Å². The quantitative estimate of drug-likeness (QED) is 0.725. The first-order valence-electron chi connectivity index (χ1n) is 10.2. The maximum absolute atomic E-state index is 13.0. The third-order valence-corrected chi connectivity index (χ3v) is 7.41. The summed E-state index contributed by atoms with van der Waals surface area (Å²) in [7, 11) is -1.75. The second kappa shape index (κ2) is 7.91. The lowest BCUT2D eigenvalue weighted by molar-refractivity contribution is 0.382. The largest absolute Gasteiger partial charge is 0.356 e. The van der Waals surface area contributed by atoms with Crippen molar-refractivity contribution in [3.63, 3.8) is 0 Å². The second-order valence-electron chi connectivity index (χ2n) is 8.02. The summed E-state index contributed by atoms with van der Waals surface area (Å²) < 4.78 is 29.4. The normalized spacial score (nSPS) is 18.8. The Labute approximate surface area is 172 Å². The first-order chi connectivity index (χ1) is 13.9. The van der Waals surface area contributed by atoms with E-state index < -0.39 is 10.0 Å². The van der Waals surface area contributed by atoms with Crippen LogP contribution in [0.15, 0.2) is 23.6 Å². The van der Waals surface area contributed by atoms with Gasteiger partial charge in [-0.15, -0.1) is 0 Å². The van der Waals surface area contributed by atoms with E-state index in [0.29, 0.717) is 26.2 Å². The summed E-state index contributed by atoms with van der Waals surface area (Å²) in [6.07, 6.45) is 5.61. The van der Waals surface area contributed by atoms with Crippen LogP contribution in [0.1, 0.15) is 38.4 Å². The third kappa shape index (κ3) is 3.95. The molecule has 2 aliphatic heterocycles. The molecule has 2 aromatic heterocycles. The van der Waals surface area contributed by atoms with Crippen molar-refractivity contribution in [1.82, 2.24) is 23.8 Å². The van der Waals surface area contributed by atoms with Gasteiger partial charge in [-0.25, -0.2) is 23.4 Å². The molecule has 2 aromatic rings. The number of nitrogens with zero attached hydrogens (tertiary/aromatic N) is 7. The lowest BCUT2D eigenvalue weighted by Crippen LogP contribution is -2.49. The lowest BCUT2D eigenvalue weighted by Gasteiger charge is -2.34. The van der Waals surface area contributed by atoms with E-state index in [1.54, 1.807) is 17.1 Å². The molecule has 0 spiro atoms. The minimum Gasteiger partial charge on any atom is -0.356 e. The fourth-order valence-electron chi connectivity index (χ4n) is 4.03. The highest BCUT2D eigenvalue weighted by atomic mass is 32.2. The van der Waals surface area contributed by atoms with Gasteiger partial charge in [-0.3, -0.25) is 0 Å². The van der Waals surface area contributed by atoms with Gasteiger partial charge in [-0.05, 0) is 12.8 Å². The molecular weight excluding hydrogens is 390 g/mol. The van der Waals surface area contributed by atoms with Crippen LogP contribution in [-0.4, -0.2) is 71.5 Å². The fourth-order valence-corrected chi connectivity index (χ4v) is 5.44. The van der Waals surface area contributed by atoms with E-state index >= 15 is 0 Å². The summed E-state index contributed by atoms with van der Waals surface area (Å²) in [5.74, 6) is 2.76. The van der Waals surface area contributed by atoms with Crippen molar-refractivity contribution < 1.29 is 8.42 Å². The van der Waals surface area contributed by atoms with Gasteiger partial charge in [0.15, 0.2) is 5.03 Å². The molecule has 0 saturated carbocycles. The minimum atomic E-state index is -3.59. The average Bonchev–Trinajstić information content (AvgIpc) is 3.38. The zero-order valence-electron chi connectivity index (χ0n) is 17.3. The van der Waals surface area contributed by atoms with Crippen LogP contribution < -0.4 is 9.80 Å². The van der Waals surface area contributed by atoms with Crippen molar-refractivity contribution in [2.75, 3.05) is 49.1 Å². The molecule has 0 N–H and O–H groups in total. The molecule has 2 fully saturated rings. The number of hydrogen-bond acceptors (Lipinski definition) is 7. The molecule has 29 heavy (non-hydrogen) atoms. The van der Waals surface area contributed by atoms with E-state index in [4.69, 9.17) is 0 Å². The molecule has 0 amide bonds. The molecule has 0 atom stereocenters. The van der Waals surface area contributed by atoms with Crippen LogP contribution in [0, 0.1) is 0 Å². The number of imidazole rings is 1. The Hall–Kier alpha value is -2.20. The Morgan fingerprint density at radius 1 is 0.931 bits per heavy atom. The van der Waals surface area contributed by atoms with Crippen molar-refractivity contribution in [3.05, 3.63) is 24.4 Å². The van der Waals surface area contributed by atoms with E-state index in [9.17, 15) is 8.42 Å². The monoisotopic (exact) mass is 419 g/mol. The maximum atomic E-state index is 13.0. The molecule has 10 heteroatoms. The first-order valence-corrected chi connectivity index (χ1v) is 11.7. The number of rotatable bonds is 5. The predicted octanol–water partition coefficient (Wildman–Crippen LogP) is 1.44. The lowest BCUT2D eigenvalue weighted by atomic mass is 10.2. The highest BCUT2D eigenvalue weighted by molar-refractivity contribution is 7.89. The van der Waals surface area contributed by atoms with Gasteiger partial charge in [0.05, 0.1) is 0 Å². The summed E-state index contributed by atoms with van der Waals surface area (Å²) >= 11 is 0. The highest BCUT2D eigenvalue weighted by Crippen LogP contribution is 2.24. The number of anilines is 2. The number of aromatic nitrogens is 4.